The summed E-state index contributed by atoms with van der Waals surface area (Å²) in [7, 11) is 0. The Hall–Kier alpha value is -1.55. The maximum absolute atomic E-state index is 12.3. The van der Waals surface area contributed by atoms with Crippen molar-refractivity contribution in [1.29, 1.82) is 0 Å². The molecular weight excluding hydrogens is 252 g/mol. The molecule has 0 saturated carbocycles. The highest BCUT2D eigenvalue weighted by molar-refractivity contribution is 5.94. The predicted octanol–water partition coefficient (Wildman–Crippen LogP) is 1.74. The van der Waals surface area contributed by atoms with Crippen molar-refractivity contribution in [2.75, 3.05) is 26.2 Å². The highest BCUT2D eigenvalue weighted by Crippen LogP contribution is 2.28. The summed E-state index contributed by atoms with van der Waals surface area (Å²) >= 11 is 0. The fourth-order valence-electron chi connectivity index (χ4n) is 2.93. The molecular formula is C16H22N2O2. The van der Waals surface area contributed by atoms with Crippen LogP contribution < -0.4 is 15.4 Å². The molecule has 4 nitrogen and oxygen atoms in total. The van der Waals surface area contributed by atoms with E-state index >= 15 is 0 Å². The van der Waals surface area contributed by atoms with Crippen LogP contribution >= 0.6 is 0 Å². The summed E-state index contributed by atoms with van der Waals surface area (Å²) in [6, 6.07) is 5.72. The summed E-state index contributed by atoms with van der Waals surface area (Å²) in [6.07, 6.45) is 3.14. The maximum Gasteiger partial charge on any atom is 0.251 e. The molecule has 20 heavy (non-hydrogen) atoms. The molecule has 0 atom stereocenters. The van der Waals surface area contributed by atoms with Crippen LogP contribution in [0.4, 0.5) is 0 Å². The quantitative estimate of drug-likeness (QED) is 0.883. The standard InChI is InChI=1S/C16H22N2O2/c1-16(5-7-17-8-6-16)11-18-15(19)13-2-3-14-12(10-13)4-9-20-14/h2-3,10,17H,4-9,11H2,1H3,(H,18,19). The van der Waals surface area contributed by atoms with E-state index in [-0.39, 0.29) is 11.3 Å². The minimum absolute atomic E-state index is 0.0273. The number of nitrogens with one attached hydrogen (secondary N) is 2. The zero-order valence-electron chi connectivity index (χ0n) is 12.0. The number of rotatable bonds is 3. The number of carbonyl (C=O) groups is 1. The minimum Gasteiger partial charge on any atom is -0.493 e. The third kappa shape index (κ3) is 2.80. The predicted molar refractivity (Wildman–Crippen MR) is 78.2 cm³/mol. The van der Waals surface area contributed by atoms with Gasteiger partial charge in [-0.15, -0.1) is 0 Å². The lowest BCUT2D eigenvalue weighted by Crippen LogP contribution is -2.42. The van der Waals surface area contributed by atoms with Crippen molar-refractivity contribution >= 4 is 5.91 Å². The van der Waals surface area contributed by atoms with Gasteiger partial charge in [0, 0.05) is 18.5 Å². The van der Waals surface area contributed by atoms with Gasteiger partial charge in [-0.1, -0.05) is 6.92 Å². The van der Waals surface area contributed by atoms with Gasteiger partial charge in [-0.05, 0) is 55.1 Å². The third-order valence-electron chi connectivity index (χ3n) is 4.44. The zero-order chi connectivity index (χ0) is 14.0. The molecule has 2 N–H and O–H groups in total. The molecule has 1 saturated heterocycles. The van der Waals surface area contributed by atoms with E-state index in [1.165, 1.54) is 0 Å². The van der Waals surface area contributed by atoms with Crippen molar-refractivity contribution in [3.8, 4) is 5.75 Å². The SMILES string of the molecule is CC1(CNC(=O)c2ccc3c(c2)CCO3)CCNCC1. The van der Waals surface area contributed by atoms with Gasteiger partial charge in [0.2, 0.25) is 0 Å². The van der Waals surface area contributed by atoms with Gasteiger partial charge in [-0.3, -0.25) is 4.79 Å². The van der Waals surface area contributed by atoms with Crippen molar-refractivity contribution in [3.05, 3.63) is 29.3 Å². The van der Waals surface area contributed by atoms with Crippen LogP contribution in [0.5, 0.6) is 5.75 Å². The minimum atomic E-state index is 0.0273. The average molecular weight is 274 g/mol. The molecule has 0 aromatic heterocycles. The number of benzene rings is 1. The van der Waals surface area contributed by atoms with E-state index in [1.807, 2.05) is 18.2 Å². The van der Waals surface area contributed by atoms with Gasteiger partial charge in [0.15, 0.2) is 0 Å². The first-order valence-corrected chi connectivity index (χ1v) is 7.41. The van der Waals surface area contributed by atoms with Crippen LogP contribution in [0.3, 0.4) is 0 Å². The van der Waals surface area contributed by atoms with Crippen molar-refractivity contribution in [3.63, 3.8) is 0 Å². The Labute approximate surface area is 119 Å². The smallest absolute Gasteiger partial charge is 0.251 e. The lowest BCUT2D eigenvalue weighted by atomic mass is 9.81. The monoisotopic (exact) mass is 274 g/mol. The number of hydrogen-bond donors (Lipinski definition) is 2. The van der Waals surface area contributed by atoms with E-state index in [2.05, 4.69) is 17.6 Å². The fraction of sp³-hybridized carbons (Fsp3) is 0.562. The highest BCUT2D eigenvalue weighted by Gasteiger charge is 2.27. The molecule has 1 amide bonds. The van der Waals surface area contributed by atoms with E-state index in [0.717, 1.165) is 62.4 Å². The second-order valence-electron chi connectivity index (χ2n) is 6.16. The molecule has 108 valence electrons. The van der Waals surface area contributed by atoms with Crippen LogP contribution in [-0.2, 0) is 6.42 Å². The van der Waals surface area contributed by atoms with Gasteiger partial charge in [0.1, 0.15) is 5.75 Å². The molecule has 0 unspecified atom stereocenters. The summed E-state index contributed by atoms with van der Waals surface area (Å²) in [5, 5.41) is 6.45. The van der Waals surface area contributed by atoms with Gasteiger partial charge in [0.05, 0.1) is 6.61 Å². The molecule has 4 heteroatoms. The molecule has 0 aliphatic carbocycles. The van der Waals surface area contributed by atoms with Crippen LogP contribution in [0.25, 0.3) is 0 Å². The Kier molecular flexibility index (Phi) is 3.66. The summed E-state index contributed by atoms with van der Waals surface area (Å²) in [6.45, 7) is 5.82. The summed E-state index contributed by atoms with van der Waals surface area (Å²) < 4.78 is 5.47. The Morgan fingerprint density at radius 2 is 2.20 bits per heavy atom. The van der Waals surface area contributed by atoms with Crippen LogP contribution in [-0.4, -0.2) is 32.1 Å². The molecule has 0 radical (unpaired) electrons. The van der Waals surface area contributed by atoms with Crippen LogP contribution in [0.2, 0.25) is 0 Å². The number of hydrogen-bond acceptors (Lipinski definition) is 3. The van der Waals surface area contributed by atoms with E-state index in [9.17, 15) is 4.79 Å². The third-order valence-corrected chi connectivity index (χ3v) is 4.44. The van der Waals surface area contributed by atoms with Crippen LogP contribution in [0.1, 0.15) is 35.7 Å². The summed E-state index contributed by atoms with van der Waals surface area (Å²) in [5.74, 6) is 0.950. The van der Waals surface area contributed by atoms with E-state index < -0.39 is 0 Å². The Bertz CT molecular complexity index is 507. The number of piperidine rings is 1. The highest BCUT2D eigenvalue weighted by atomic mass is 16.5. The van der Waals surface area contributed by atoms with Crippen molar-refractivity contribution in [2.24, 2.45) is 5.41 Å². The first-order valence-electron chi connectivity index (χ1n) is 7.41. The number of ether oxygens (including phenoxy) is 1. The first kappa shape index (κ1) is 13.4. The second kappa shape index (κ2) is 5.44. The fourth-order valence-corrected chi connectivity index (χ4v) is 2.93. The normalized spacial score (nSPS) is 20.1. The van der Waals surface area contributed by atoms with Crippen molar-refractivity contribution in [2.45, 2.75) is 26.2 Å². The molecule has 2 aliphatic rings. The van der Waals surface area contributed by atoms with E-state index in [1.54, 1.807) is 0 Å². The molecule has 3 rings (SSSR count). The van der Waals surface area contributed by atoms with E-state index in [0.29, 0.717) is 0 Å². The number of fused-ring (bicyclic) bond motifs is 1. The topological polar surface area (TPSA) is 50.4 Å². The lowest BCUT2D eigenvalue weighted by Gasteiger charge is -2.34. The Balaban J connectivity index is 1.61. The number of amides is 1. The van der Waals surface area contributed by atoms with Gasteiger partial charge >= 0.3 is 0 Å². The molecule has 1 aromatic carbocycles. The largest absolute Gasteiger partial charge is 0.493 e. The van der Waals surface area contributed by atoms with Gasteiger partial charge in [-0.25, -0.2) is 0 Å². The lowest BCUT2D eigenvalue weighted by molar-refractivity contribution is 0.0922. The van der Waals surface area contributed by atoms with Gasteiger partial charge < -0.3 is 15.4 Å². The zero-order valence-corrected chi connectivity index (χ0v) is 12.0. The Morgan fingerprint density at radius 1 is 1.40 bits per heavy atom. The summed E-state index contributed by atoms with van der Waals surface area (Å²) in [5.41, 5.74) is 2.11. The molecule has 2 aliphatic heterocycles. The molecule has 1 aromatic rings. The summed E-state index contributed by atoms with van der Waals surface area (Å²) in [4.78, 5) is 12.3. The number of carbonyl (C=O) groups excluding carboxylic acids is 1. The molecule has 0 bridgehead atoms. The second-order valence-corrected chi connectivity index (χ2v) is 6.16. The molecule has 1 fully saturated rings. The van der Waals surface area contributed by atoms with Crippen LogP contribution in [0.15, 0.2) is 18.2 Å². The van der Waals surface area contributed by atoms with Crippen molar-refractivity contribution in [1.82, 2.24) is 10.6 Å². The molecule has 0 spiro atoms. The van der Waals surface area contributed by atoms with Gasteiger partial charge in [0.25, 0.3) is 5.91 Å². The van der Waals surface area contributed by atoms with E-state index in [4.69, 9.17) is 4.74 Å². The average Bonchev–Trinajstić information content (AvgIpc) is 2.93. The van der Waals surface area contributed by atoms with Crippen molar-refractivity contribution < 1.29 is 9.53 Å². The van der Waals surface area contributed by atoms with Gasteiger partial charge in [-0.2, -0.15) is 0 Å². The van der Waals surface area contributed by atoms with Crippen LogP contribution in [0, 0.1) is 5.41 Å². The first-order chi connectivity index (χ1) is 9.66. The maximum atomic E-state index is 12.3. The Morgan fingerprint density at radius 3 is 3.00 bits per heavy atom. The molecule has 2 heterocycles.